The van der Waals surface area contributed by atoms with Gasteiger partial charge >= 0.3 is 0 Å². The molecule has 15 heavy (non-hydrogen) atoms. The maximum absolute atomic E-state index is 5.59. The molecule has 2 rings (SSSR count). The van der Waals surface area contributed by atoms with Gasteiger partial charge in [0.1, 0.15) is 0 Å². The zero-order valence-electron chi connectivity index (χ0n) is 8.73. The van der Waals surface area contributed by atoms with Gasteiger partial charge in [0.05, 0.1) is 5.69 Å². The van der Waals surface area contributed by atoms with Gasteiger partial charge in [-0.25, -0.2) is 4.98 Å². The van der Waals surface area contributed by atoms with E-state index >= 15 is 0 Å². The molecule has 0 atom stereocenters. The molecule has 0 aliphatic rings. The van der Waals surface area contributed by atoms with Gasteiger partial charge < -0.3 is 5.73 Å². The molecule has 0 spiro atoms. The molecule has 2 nitrogen and oxygen atoms in total. The van der Waals surface area contributed by atoms with Gasteiger partial charge in [0, 0.05) is 11.8 Å². The highest BCUT2D eigenvalue weighted by Crippen LogP contribution is 2.15. The molecule has 0 aliphatic carbocycles. The van der Waals surface area contributed by atoms with Crippen LogP contribution in [0.15, 0.2) is 29.6 Å². The first kappa shape index (κ1) is 10.2. The molecule has 0 saturated heterocycles. The Labute approximate surface area is 93.8 Å². The van der Waals surface area contributed by atoms with Crippen LogP contribution in [0, 0.1) is 0 Å². The summed E-state index contributed by atoms with van der Waals surface area (Å²) in [6.07, 6.45) is 1.96. The van der Waals surface area contributed by atoms with Gasteiger partial charge in [0.15, 0.2) is 5.13 Å². The molecule has 0 radical (unpaired) electrons. The Bertz CT molecular complexity index is 431. The minimum atomic E-state index is 0.648. The number of nitrogens with two attached hydrogens (primary N) is 1. The molecule has 1 aromatic carbocycles. The lowest BCUT2D eigenvalue weighted by Gasteiger charge is -2.00. The minimum absolute atomic E-state index is 0.648. The maximum atomic E-state index is 5.59. The smallest absolute Gasteiger partial charge is 0.180 e. The first-order valence-corrected chi connectivity index (χ1v) is 5.93. The SMILES string of the molecule is CCc1ccc(Cc2csc(N)n2)cc1. The number of nitrogens with zero attached hydrogens (tertiary/aromatic N) is 1. The van der Waals surface area contributed by atoms with Crippen LogP contribution in [0.5, 0.6) is 0 Å². The molecule has 0 aliphatic heterocycles. The van der Waals surface area contributed by atoms with Gasteiger partial charge in [0.25, 0.3) is 0 Å². The van der Waals surface area contributed by atoms with Crippen molar-refractivity contribution in [2.75, 3.05) is 5.73 Å². The van der Waals surface area contributed by atoms with Crippen LogP contribution in [0.4, 0.5) is 5.13 Å². The molecule has 0 fully saturated rings. The second kappa shape index (κ2) is 4.45. The van der Waals surface area contributed by atoms with E-state index in [2.05, 4.69) is 36.2 Å². The molecule has 0 bridgehead atoms. The fraction of sp³-hybridized carbons (Fsp3) is 0.250. The second-order valence-corrected chi connectivity index (χ2v) is 4.41. The number of thiazole rings is 1. The van der Waals surface area contributed by atoms with Crippen LogP contribution in [0.3, 0.4) is 0 Å². The van der Waals surface area contributed by atoms with E-state index in [-0.39, 0.29) is 0 Å². The highest BCUT2D eigenvalue weighted by molar-refractivity contribution is 7.13. The second-order valence-electron chi connectivity index (χ2n) is 3.52. The topological polar surface area (TPSA) is 38.9 Å². The summed E-state index contributed by atoms with van der Waals surface area (Å²) in [4.78, 5) is 4.24. The molecule has 2 aromatic rings. The van der Waals surface area contributed by atoms with Gasteiger partial charge in [-0.3, -0.25) is 0 Å². The molecule has 0 saturated carbocycles. The maximum Gasteiger partial charge on any atom is 0.180 e. The Morgan fingerprint density at radius 3 is 2.40 bits per heavy atom. The molecule has 2 N–H and O–H groups in total. The van der Waals surface area contributed by atoms with Crippen molar-refractivity contribution in [3.8, 4) is 0 Å². The number of rotatable bonds is 3. The van der Waals surface area contributed by atoms with E-state index in [9.17, 15) is 0 Å². The number of nitrogen functional groups attached to an aromatic ring is 1. The van der Waals surface area contributed by atoms with Crippen molar-refractivity contribution in [2.45, 2.75) is 19.8 Å². The van der Waals surface area contributed by atoms with Crippen LogP contribution >= 0.6 is 11.3 Å². The van der Waals surface area contributed by atoms with Crippen molar-refractivity contribution in [3.63, 3.8) is 0 Å². The van der Waals surface area contributed by atoms with Gasteiger partial charge in [0.2, 0.25) is 0 Å². The van der Waals surface area contributed by atoms with Crippen molar-refractivity contribution in [1.29, 1.82) is 0 Å². The van der Waals surface area contributed by atoms with Crippen LogP contribution in [-0.2, 0) is 12.8 Å². The van der Waals surface area contributed by atoms with Gasteiger partial charge in [-0.2, -0.15) is 0 Å². The Hall–Kier alpha value is -1.35. The summed E-state index contributed by atoms with van der Waals surface area (Å²) >= 11 is 1.50. The molecule has 78 valence electrons. The largest absolute Gasteiger partial charge is 0.375 e. The van der Waals surface area contributed by atoms with Crippen LogP contribution in [0.2, 0.25) is 0 Å². The lowest BCUT2D eigenvalue weighted by molar-refractivity contribution is 1.09. The van der Waals surface area contributed by atoms with Crippen molar-refractivity contribution < 1.29 is 0 Å². The third-order valence-corrected chi connectivity index (χ3v) is 3.11. The van der Waals surface area contributed by atoms with Gasteiger partial charge in [-0.05, 0) is 17.5 Å². The average Bonchev–Trinajstić information content (AvgIpc) is 2.65. The quantitative estimate of drug-likeness (QED) is 0.860. The fourth-order valence-corrected chi connectivity index (χ4v) is 2.07. The molecule has 0 amide bonds. The summed E-state index contributed by atoms with van der Waals surface area (Å²) in [6.45, 7) is 2.16. The molecular weight excluding hydrogens is 204 g/mol. The summed E-state index contributed by atoms with van der Waals surface area (Å²) in [5, 5.41) is 2.67. The number of hydrogen-bond donors (Lipinski definition) is 1. The van der Waals surface area contributed by atoms with E-state index in [1.54, 1.807) is 0 Å². The summed E-state index contributed by atoms with van der Waals surface area (Å²) in [6, 6.07) is 8.67. The number of benzene rings is 1. The lowest BCUT2D eigenvalue weighted by atomic mass is 10.1. The van der Waals surface area contributed by atoms with E-state index in [1.165, 1.54) is 22.5 Å². The molecule has 3 heteroatoms. The predicted molar refractivity (Wildman–Crippen MR) is 65.2 cm³/mol. The number of aryl methyl sites for hydroxylation is 1. The van der Waals surface area contributed by atoms with E-state index in [1.807, 2.05) is 5.38 Å². The van der Waals surface area contributed by atoms with E-state index in [4.69, 9.17) is 5.73 Å². The van der Waals surface area contributed by atoms with Crippen LogP contribution < -0.4 is 5.73 Å². The van der Waals surface area contributed by atoms with E-state index in [0.717, 1.165) is 18.5 Å². The standard InChI is InChI=1S/C12H14N2S/c1-2-9-3-5-10(6-4-9)7-11-8-15-12(13)14-11/h3-6,8H,2,7H2,1H3,(H2,13,14). The molecule has 1 aromatic heterocycles. The van der Waals surface area contributed by atoms with Crippen molar-refractivity contribution in [3.05, 3.63) is 46.5 Å². The Balaban J connectivity index is 2.11. The third kappa shape index (κ3) is 2.57. The van der Waals surface area contributed by atoms with Crippen molar-refractivity contribution >= 4 is 16.5 Å². The average molecular weight is 218 g/mol. The molecule has 1 heterocycles. The van der Waals surface area contributed by atoms with Crippen molar-refractivity contribution in [2.24, 2.45) is 0 Å². The zero-order valence-corrected chi connectivity index (χ0v) is 9.55. The summed E-state index contributed by atoms with van der Waals surface area (Å²) < 4.78 is 0. The first-order valence-electron chi connectivity index (χ1n) is 5.05. The third-order valence-electron chi connectivity index (χ3n) is 2.39. The van der Waals surface area contributed by atoms with Crippen LogP contribution in [0.1, 0.15) is 23.7 Å². The highest BCUT2D eigenvalue weighted by atomic mass is 32.1. The summed E-state index contributed by atoms with van der Waals surface area (Å²) in [5.41, 5.74) is 9.30. The van der Waals surface area contributed by atoms with Crippen LogP contribution in [0.25, 0.3) is 0 Å². The summed E-state index contributed by atoms with van der Waals surface area (Å²) in [7, 11) is 0. The number of aromatic nitrogens is 1. The normalized spacial score (nSPS) is 10.5. The monoisotopic (exact) mass is 218 g/mol. The van der Waals surface area contributed by atoms with Crippen LogP contribution in [-0.4, -0.2) is 4.98 Å². The van der Waals surface area contributed by atoms with Crippen molar-refractivity contribution in [1.82, 2.24) is 4.98 Å². The predicted octanol–water partition coefficient (Wildman–Crippen LogP) is 2.88. The summed E-state index contributed by atoms with van der Waals surface area (Å²) in [5.74, 6) is 0. The Morgan fingerprint density at radius 2 is 1.87 bits per heavy atom. The molecular formula is C12H14N2S. The lowest BCUT2D eigenvalue weighted by Crippen LogP contribution is -1.90. The molecule has 0 unspecified atom stereocenters. The highest BCUT2D eigenvalue weighted by Gasteiger charge is 2.00. The van der Waals surface area contributed by atoms with E-state index < -0.39 is 0 Å². The number of hydrogen-bond acceptors (Lipinski definition) is 3. The minimum Gasteiger partial charge on any atom is -0.375 e. The Morgan fingerprint density at radius 1 is 1.20 bits per heavy atom. The Kier molecular flexibility index (Phi) is 3.02. The van der Waals surface area contributed by atoms with E-state index in [0.29, 0.717) is 5.13 Å². The zero-order chi connectivity index (χ0) is 10.7. The fourth-order valence-electron chi connectivity index (χ4n) is 1.51. The van der Waals surface area contributed by atoms with Gasteiger partial charge in [-0.15, -0.1) is 11.3 Å². The number of anilines is 1. The van der Waals surface area contributed by atoms with Gasteiger partial charge in [-0.1, -0.05) is 31.2 Å². The first-order chi connectivity index (χ1) is 7.28.